The minimum absolute atomic E-state index is 0.201. The van der Waals surface area contributed by atoms with E-state index in [2.05, 4.69) is 0 Å². The summed E-state index contributed by atoms with van der Waals surface area (Å²) >= 11 is 5.82. The molecule has 0 aliphatic rings. The number of benzene rings is 1. The minimum atomic E-state index is -1.08. The lowest BCUT2D eigenvalue weighted by Crippen LogP contribution is -2.38. The first-order chi connectivity index (χ1) is 7.97. The van der Waals surface area contributed by atoms with Gasteiger partial charge in [0, 0.05) is 11.1 Å². The highest BCUT2D eigenvalue weighted by atomic mass is 35.5. The second kappa shape index (κ2) is 5.68. The van der Waals surface area contributed by atoms with Gasteiger partial charge in [-0.15, -0.1) is 0 Å². The second-order valence-electron chi connectivity index (χ2n) is 3.94. The van der Waals surface area contributed by atoms with E-state index in [1.54, 1.807) is 38.1 Å². The Morgan fingerprint density at radius 3 is 2.53 bits per heavy atom. The van der Waals surface area contributed by atoms with Crippen molar-refractivity contribution in [2.24, 2.45) is 0 Å². The zero-order valence-corrected chi connectivity index (χ0v) is 10.4. The molecule has 0 spiro atoms. The van der Waals surface area contributed by atoms with Gasteiger partial charge >= 0.3 is 5.97 Å². The quantitative estimate of drug-likeness (QED) is 0.822. The number of aliphatic carboxylic acids is 1. The van der Waals surface area contributed by atoms with Crippen LogP contribution in [0.2, 0.25) is 5.02 Å². The standard InChI is InChI=1S/C12H14ClNO3/c1-8(2)14(7-15)11(12(16)17)9-4-3-5-10(13)6-9/h3-8,11H,1-2H3,(H,16,17). The van der Waals surface area contributed by atoms with Gasteiger partial charge in [0.15, 0.2) is 6.04 Å². The number of hydrogen-bond donors (Lipinski definition) is 1. The molecule has 1 unspecified atom stereocenters. The summed E-state index contributed by atoms with van der Waals surface area (Å²) in [6.45, 7) is 3.52. The topological polar surface area (TPSA) is 57.6 Å². The monoisotopic (exact) mass is 255 g/mol. The molecule has 0 bridgehead atoms. The summed E-state index contributed by atoms with van der Waals surface area (Å²) in [5.74, 6) is -1.08. The predicted molar refractivity (Wildman–Crippen MR) is 64.9 cm³/mol. The number of amides is 1. The summed E-state index contributed by atoms with van der Waals surface area (Å²) in [5, 5.41) is 9.67. The highest BCUT2D eigenvalue weighted by Crippen LogP contribution is 2.24. The third-order valence-corrected chi connectivity index (χ3v) is 2.65. The van der Waals surface area contributed by atoms with Gasteiger partial charge in [0.2, 0.25) is 6.41 Å². The van der Waals surface area contributed by atoms with Crippen LogP contribution < -0.4 is 0 Å². The van der Waals surface area contributed by atoms with Crippen molar-refractivity contribution in [1.82, 2.24) is 4.90 Å². The van der Waals surface area contributed by atoms with Gasteiger partial charge in [0.05, 0.1) is 0 Å². The zero-order chi connectivity index (χ0) is 13.0. The SMILES string of the molecule is CC(C)N(C=O)C(C(=O)O)c1cccc(Cl)c1. The lowest BCUT2D eigenvalue weighted by molar-refractivity contribution is -0.147. The Hall–Kier alpha value is -1.55. The number of carbonyl (C=O) groups is 2. The van der Waals surface area contributed by atoms with Crippen LogP contribution in [0.3, 0.4) is 0 Å². The van der Waals surface area contributed by atoms with Crippen LogP contribution in [0.15, 0.2) is 24.3 Å². The average Bonchev–Trinajstić information content (AvgIpc) is 2.24. The summed E-state index contributed by atoms with van der Waals surface area (Å²) < 4.78 is 0. The van der Waals surface area contributed by atoms with Gasteiger partial charge in [0.25, 0.3) is 0 Å². The summed E-state index contributed by atoms with van der Waals surface area (Å²) in [6.07, 6.45) is 0.546. The molecule has 4 nitrogen and oxygen atoms in total. The summed E-state index contributed by atoms with van der Waals surface area (Å²) in [5.41, 5.74) is 0.491. The van der Waals surface area contributed by atoms with E-state index in [9.17, 15) is 14.7 Å². The Labute approximate surface area is 105 Å². The fraction of sp³-hybridized carbons (Fsp3) is 0.333. The molecule has 0 fully saturated rings. The first-order valence-corrected chi connectivity index (χ1v) is 5.56. The van der Waals surface area contributed by atoms with Gasteiger partial charge in [-0.05, 0) is 31.5 Å². The van der Waals surface area contributed by atoms with Crippen molar-refractivity contribution in [3.8, 4) is 0 Å². The van der Waals surface area contributed by atoms with Crippen LogP contribution in [0.5, 0.6) is 0 Å². The zero-order valence-electron chi connectivity index (χ0n) is 9.63. The number of halogens is 1. The third kappa shape index (κ3) is 3.20. The molecular formula is C12H14ClNO3. The maximum atomic E-state index is 11.3. The van der Waals surface area contributed by atoms with Crippen molar-refractivity contribution in [3.63, 3.8) is 0 Å². The fourth-order valence-electron chi connectivity index (χ4n) is 1.60. The van der Waals surface area contributed by atoms with Crippen LogP contribution in [0.1, 0.15) is 25.5 Å². The molecule has 5 heteroatoms. The predicted octanol–water partition coefficient (Wildman–Crippen LogP) is 2.33. The number of nitrogens with zero attached hydrogens (tertiary/aromatic N) is 1. The number of carboxylic acid groups (broad SMARTS) is 1. The van der Waals surface area contributed by atoms with E-state index in [1.165, 1.54) is 4.90 Å². The number of hydrogen-bond acceptors (Lipinski definition) is 2. The number of carbonyl (C=O) groups excluding carboxylic acids is 1. The third-order valence-electron chi connectivity index (χ3n) is 2.41. The summed E-state index contributed by atoms with van der Waals surface area (Å²) in [7, 11) is 0. The van der Waals surface area contributed by atoms with Crippen LogP contribution >= 0.6 is 11.6 Å². The fourth-order valence-corrected chi connectivity index (χ4v) is 1.80. The Bertz CT molecular complexity index is 420. The smallest absolute Gasteiger partial charge is 0.331 e. The van der Waals surface area contributed by atoms with Crippen molar-refractivity contribution < 1.29 is 14.7 Å². The van der Waals surface area contributed by atoms with Gasteiger partial charge < -0.3 is 10.0 Å². The molecule has 0 aliphatic heterocycles. The Morgan fingerprint density at radius 2 is 2.12 bits per heavy atom. The van der Waals surface area contributed by atoms with E-state index in [0.717, 1.165) is 0 Å². The van der Waals surface area contributed by atoms with Crippen LogP contribution in [-0.2, 0) is 9.59 Å². The summed E-state index contributed by atoms with van der Waals surface area (Å²) in [6, 6.07) is 5.31. The van der Waals surface area contributed by atoms with Crippen LogP contribution in [0, 0.1) is 0 Å². The van der Waals surface area contributed by atoms with E-state index >= 15 is 0 Å². The average molecular weight is 256 g/mol. The van der Waals surface area contributed by atoms with E-state index in [0.29, 0.717) is 17.0 Å². The van der Waals surface area contributed by atoms with E-state index in [1.807, 2.05) is 0 Å². The number of carboxylic acids is 1. The molecule has 0 radical (unpaired) electrons. The van der Waals surface area contributed by atoms with Gasteiger partial charge in [-0.1, -0.05) is 23.7 Å². The normalized spacial score (nSPS) is 12.2. The molecule has 0 aliphatic carbocycles. The van der Waals surface area contributed by atoms with Crippen molar-refractivity contribution in [1.29, 1.82) is 0 Å². The van der Waals surface area contributed by atoms with E-state index in [4.69, 9.17) is 11.6 Å². The maximum absolute atomic E-state index is 11.3. The minimum Gasteiger partial charge on any atom is -0.479 e. The van der Waals surface area contributed by atoms with Crippen LogP contribution in [-0.4, -0.2) is 28.4 Å². The van der Waals surface area contributed by atoms with Gasteiger partial charge in [-0.2, -0.15) is 0 Å². The first-order valence-electron chi connectivity index (χ1n) is 5.18. The van der Waals surface area contributed by atoms with E-state index in [-0.39, 0.29) is 6.04 Å². The molecule has 92 valence electrons. The Balaban J connectivity index is 3.17. The van der Waals surface area contributed by atoms with E-state index < -0.39 is 12.0 Å². The largest absolute Gasteiger partial charge is 0.479 e. The number of rotatable bonds is 5. The van der Waals surface area contributed by atoms with Crippen molar-refractivity contribution >= 4 is 24.0 Å². The Morgan fingerprint density at radius 1 is 1.47 bits per heavy atom. The first kappa shape index (κ1) is 13.5. The highest BCUT2D eigenvalue weighted by Gasteiger charge is 2.28. The molecule has 17 heavy (non-hydrogen) atoms. The second-order valence-corrected chi connectivity index (χ2v) is 4.38. The molecule has 0 heterocycles. The molecule has 1 rings (SSSR count). The molecule has 1 aromatic carbocycles. The van der Waals surface area contributed by atoms with Crippen LogP contribution in [0.4, 0.5) is 0 Å². The molecule has 0 saturated carbocycles. The van der Waals surface area contributed by atoms with Crippen molar-refractivity contribution in [2.45, 2.75) is 25.9 Å². The maximum Gasteiger partial charge on any atom is 0.331 e. The molecule has 0 saturated heterocycles. The molecule has 0 aromatic heterocycles. The van der Waals surface area contributed by atoms with Crippen molar-refractivity contribution in [2.75, 3.05) is 0 Å². The lowest BCUT2D eigenvalue weighted by atomic mass is 10.0. The van der Waals surface area contributed by atoms with Gasteiger partial charge in [-0.25, -0.2) is 4.79 Å². The molecule has 1 aromatic rings. The highest BCUT2D eigenvalue weighted by molar-refractivity contribution is 6.30. The lowest BCUT2D eigenvalue weighted by Gasteiger charge is -2.28. The van der Waals surface area contributed by atoms with Crippen LogP contribution in [0.25, 0.3) is 0 Å². The molecule has 1 atom stereocenters. The van der Waals surface area contributed by atoms with Crippen molar-refractivity contribution in [3.05, 3.63) is 34.9 Å². The van der Waals surface area contributed by atoms with Gasteiger partial charge in [-0.3, -0.25) is 4.79 Å². The molecule has 1 amide bonds. The molecular weight excluding hydrogens is 242 g/mol. The Kier molecular flexibility index (Phi) is 4.52. The summed E-state index contributed by atoms with van der Waals surface area (Å²) in [4.78, 5) is 23.5. The van der Waals surface area contributed by atoms with Gasteiger partial charge in [0.1, 0.15) is 0 Å². The molecule has 1 N–H and O–H groups in total.